The van der Waals surface area contributed by atoms with Crippen molar-refractivity contribution in [3.63, 3.8) is 0 Å². The van der Waals surface area contributed by atoms with Gasteiger partial charge in [0.05, 0.1) is 17.2 Å². The zero-order valence-electron chi connectivity index (χ0n) is 15.3. The van der Waals surface area contributed by atoms with E-state index < -0.39 is 5.91 Å². The SMILES string of the molecule is CC.CCN(CC)CC.Cc1ccc2nc(C(N)=O)cnc2c1. The Bertz CT molecular complexity index is 589. The number of nitrogens with zero attached hydrogens (tertiary/aromatic N) is 3. The summed E-state index contributed by atoms with van der Waals surface area (Å²) in [5.74, 6) is -0.556. The summed E-state index contributed by atoms with van der Waals surface area (Å²) in [6.45, 7) is 16.1. The lowest BCUT2D eigenvalue weighted by Gasteiger charge is -2.13. The van der Waals surface area contributed by atoms with Gasteiger partial charge in [-0.1, -0.05) is 40.7 Å². The summed E-state index contributed by atoms with van der Waals surface area (Å²) in [4.78, 5) is 21.4. The van der Waals surface area contributed by atoms with E-state index in [1.807, 2.05) is 39.0 Å². The minimum absolute atomic E-state index is 0.196. The van der Waals surface area contributed by atoms with Crippen LogP contribution in [0.1, 0.15) is 50.7 Å². The summed E-state index contributed by atoms with van der Waals surface area (Å²) in [6.07, 6.45) is 1.39. The fourth-order valence-electron chi connectivity index (χ4n) is 1.91. The van der Waals surface area contributed by atoms with Crippen molar-refractivity contribution in [1.82, 2.24) is 14.9 Å². The van der Waals surface area contributed by atoms with E-state index in [9.17, 15) is 4.79 Å². The Hall–Kier alpha value is -2.01. The molecule has 0 atom stereocenters. The molecular weight excluding hydrogens is 288 g/mol. The van der Waals surface area contributed by atoms with Crippen LogP contribution in [0.25, 0.3) is 11.0 Å². The number of nitrogens with two attached hydrogens (primary N) is 1. The van der Waals surface area contributed by atoms with Gasteiger partial charge in [0.1, 0.15) is 5.69 Å². The molecular formula is C18H30N4O. The molecule has 5 heteroatoms. The Balaban J connectivity index is 0.000000460. The second-order valence-corrected chi connectivity index (χ2v) is 4.73. The second-order valence-electron chi connectivity index (χ2n) is 4.73. The molecule has 2 N–H and O–H groups in total. The first kappa shape index (κ1) is 21.0. The van der Waals surface area contributed by atoms with Crippen LogP contribution in [-0.2, 0) is 0 Å². The Morgan fingerprint density at radius 2 is 1.65 bits per heavy atom. The minimum atomic E-state index is -0.556. The van der Waals surface area contributed by atoms with E-state index >= 15 is 0 Å². The summed E-state index contributed by atoms with van der Waals surface area (Å²) in [5, 5.41) is 0. The molecule has 2 aromatic rings. The molecule has 0 bridgehead atoms. The molecule has 5 nitrogen and oxygen atoms in total. The van der Waals surface area contributed by atoms with Crippen molar-refractivity contribution in [1.29, 1.82) is 0 Å². The lowest BCUT2D eigenvalue weighted by atomic mass is 10.2. The van der Waals surface area contributed by atoms with Gasteiger partial charge in [-0.25, -0.2) is 4.98 Å². The molecule has 0 aliphatic heterocycles. The van der Waals surface area contributed by atoms with Crippen molar-refractivity contribution < 1.29 is 4.79 Å². The summed E-state index contributed by atoms with van der Waals surface area (Å²) < 4.78 is 0. The van der Waals surface area contributed by atoms with Crippen LogP contribution in [0.2, 0.25) is 0 Å². The van der Waals surface area contributed by atoms with Crippen molar-refractivity contribution in [2.75, 3.05) is 19.6 Å². The number of amides is 1. The Kier molecular flexibility index (Phi) is 10.5. The number of primary amides is 1. The van der Waals surface area contributed by atoms with E-state index in [0.717, 1.165) is 11.1 Å². The van der Waals surface area contributed by atoms with Gasteiger partial charge in [-0.2, -0.15) is 0 Å². The average molecular weight is 318 g/mol. The zero-order valence-corrected chi connectivity index (χ0v) is 15.3. The van der Waals surface area contributed by atoms with Crippen LogP contribution in [0.4, 0.5) is 0 Å². The fourth-order valence-corrected chi connectivity index (χ4v) is 1.91. The van der Waals surface area contributed by atoms with Crippen LogP contribution in [0, 0.1) is 6.92 Å². The van der Waals surface area contributed by atoms with Gasteiger partial charge in [0, 0.05) is 0 Å². The first-order valence-electron chi connectivity index (χ1n) is 8.27. The monoisotopic (exact) mass is 318 g/mol. The third kappa shape index (κ3) is 7.19. The maximum Gasteiger partial charge on any atom is 0.268 e. The molecule has 128 valence electrons. The van der Waals surface area contributed by atoms with Crippen LogP contribution < -0.4 is 5.73 Å². The van der Waals surface area contributed by atoms with Crippen molar-refractivity contribution in [2.24, 2.45) is 5.73 Å². The lowest BCUT2D eigenvalue weighted by Crippen LogP contribution is -2.21. The highest BCUT2D eigenvalue weighted by Gasteiger charge is 2.04. The first-order valence-corrected chi connectivity index (χ1v) is 8.27. The van der Waals surface area contributed by atoms with Crippen molar-refractivity contribution >= 4 is 16.9 Å². The molecule has 1 amide bonds. The first-order chi connectivity index (χ1) is 11.0. The number of fused-ring (bicyclic) bond motifs is 1. The number of benzene rings is 1. The van der Waals surface area contributed by atoms with Crippen molar-refractivity contribution in [2.45, 2.75) is 41.5 Å². The second kappa shape index (κ2) is 11.5. The Morgan fingerprint density at radius 1 is 1.09 bits per heavy atom. The van der Waals surface area contributed by atoms with E-state index in [1.165, 1.54) is 25.8 Å². The van der Waals surface area contributed by atoms with E-state index in [1.54, 1.807) is 0 Å². The zero-order chi connectivity index (χ0) is 17.8. The summed E-state index contributed by atoms with van der Waals surface area (Å²) in [6, 6.07) is 5.65. The van der Waals surface area contributed by atoms with E-state index in [0.29, 0.717) is 5.52 Å². The highest BCUT2D eigenvalue weighted by atomic mass is 16.1. The number of hydrogen-bond donors (Lipinski definition) is 1. The van der Waals surface area contributed by atoms with Crippen LogP contribution in [-0.4, -0.2) is 40.4 Å². The van der Waals surface area contributed by atoms with Crippen LogP contribution in [0.3, 0.4) is 0 Å². The molecule has 0 aliphatic rings. The van der Waals surface area contributed by atoms with Gasteiger partial charge >= 0.3 is 0 Å². The fraction of sp³-hybridized carbons (Fsp3) is 0.500. The van der Waals surface area contributed by atoms with Gasteiger partial charge in [-0.15, -0.1) is 0 Å². The normalized spacial score (nSPS) is 9.70. The van der Waals surface area contributed by atoms with Gasteiger partial charge in [0.2, 0.25) is 0 Å². The quantitative estimate of drug-likeness (QED) is 0.937. The number of hydrogen-bond acceptors (Lipinski definition) is 4. The average Bonchev–Trinajstić information content (AvgIpc) is 2.58. The number of rotatable bonds is 4. The molecule has 23 heavy (non-hydrogen) atoms. The highest BCUT2D eigenvalue weighted by Crippen LogP contribution is 2.11. The van der Waals surface area contributed by atoms with Gasteiger partial charge in [0.25, 0.3) is 5.91 Å². The number of carbonyl (C=O) groups is 1. The predicted octanol–water partition coefficient (Wildman–Crippen LogP) is 3.41. The van der Waals surface area contributed by atoms with Gasteiger partial charge < -0.3 is 10.6 Å². The topological polar surface area (TPSA) is 72.1 Å². The largest absolute Gasteiger partial charge is 0.364 e. The maximum atomic E-state index is 10.8. The molecule has 1 aromatic heterocycles. The standard InChI is InChI=1S/C10H9N3O.C6H15N.C2H6/c1-6-2-3-7-8(4-6)12-5-9(13-7)10(11)14;1-4-7(5-2)6-3;1-2/h2-5H,1H3,(H2,11,14);4-6H2,1-3H3;1-2H3. The molecule has 0 saturated heterocycles. The molecule has 0 unspecified atom stereocenters. The van der Waals surface area contributed by atoms with Gasteiger partial charge in [-0.05, 0) is 44.3 Å². The molecule has 2 rings (SSSR count). The third-order valence-electron chi connectivity index (χ3n) is 3.29. The van der Waals surface area contributed by atoms with Crippen LogP contribution >= 0.6 is 0 Å². The highest BCUT2D eigenvalue weighted by molar-refractivity contribution is 5.92. The van der Waals surface area contributed by atoms with E-state index in [2.05, 4.69) is 35.6 Å². The molecule has 1 aromatic carbocycles. The van der Waals surface area contributed by atoms with Crippen molar-refractivity contribution in [3.05, 3.63) is 35.7 Å². The predicted molar refractivity (Wildman–Crippen MR) is 97.6 cm³/mol. The minimum Gasteiger partial charge on any atom is -0.364 e. The molecule has 0 fully saturated rings. The summed E-state index contributed by atoms with van der Waals surface area (Å²) in [5.41, 5.74) is 7.86. The Labute approximate surface area is 139 Å². The summed E-state index contributed by atoms with van der Waals surface area (Å²) >= 11 is 0. The number of aromatic nitrogens is 2. The van der Waals surface area contributed by atoms with Crippen LogP contribution in [0.5, 0.6) is 0 Å². The smallest absolute Gasteiger partial charge is 0.268 e. The van der Waals surface area contributed by atoms with E-state index in [4.69, 9.17) is 5.73 Å². The molecule has 0 aliphatic carbocycles. The number of aryl methyl sites for hydroxylation is 1. The van der Waals surface area contributed by atoms with Crippen molar-refractivity contribution in [3.8, 4) is 0 Å². The van der Waals surface area contributed by atoms with Crippen LogP contribution in [0.15, 0.2) is 24.4 Å². The maximum absolute atomic E-state index is 10.8. The molecule has 0 saturated carbocycles. The molecule has 0 spiro atoms. The number of carbonyl (C=O) groups excluding carboxylic acids is 1. The molecule has 0 radical (unpaired) electrons. The van der Waals surface area contributed by atoms with E-state index in [-0.39, 0.29) is 5.69 Å². The van der Waals surface area contributed by atoms with Gasteiger partial charge in [-0.3, -0.25) is 9.78 Å². The molecule has 1 heterocycles. The summed E-state index contributed by atoms with van der Waals surface area (Å²) in [7, 11) is 0. The lowest BCUT2D eigenvalue weighted by molar-refractivity contribution is 0.0995. The third-order valence-corrected chi connectivity index (χ3v) is 3.29. The van der Waals surface area contributed by atoms with Gasteiger partial charge in [0.15, 0.2) is 0 Å². The Morgan fingerprint density at radius 3 is 2.09 bits per heavy atom.